The Morgan fingerprint density at radius 1 is 0.462 bits per heavy atom. The van der Waals surface area contributed by atoms with Gasteiger partial charge in [-0.25, -0.2) is 0 Å². The smallest absolute Gasteiger partial charge is 0.335 e. The molecule has 0 aliphatic carbocycles. The fourth-order valence-corrected chi connectivity index (χ4v) is 27.6. The largest absolute Gasteiger partial charge is 0.394 e. The van der Waals surface area contributed by atoms with Crippen molar-refractivity contribution in [3.63, 3.8) is 0 Å². The van der Waals surface area contributed by atoms with Gasteiger partial charge in [0.15, 0.2) is 0 Å². The van der Waals surface area contributed by atoms with E-state index >= 15 is 0 Å². The van der Waals surface area contributed by atoms with Gasteiger partial charge in [0.2, 0.25) is 0 Å². The summed E-state index contributed by atoms with van der Waals surface area (Å²) in [4.78, 5) is 0. The highest BCUT2D eigenvalue weighted by molar-refractivity contribution is 7.99. The van der Waals surface area contributed by atoms with Crippen LogP contribution in [0.5, 0.6) is 0 Å². The topological polar surface area (TPSA) is 36.9 Å². The minimum atomic E-state index is -2.25. The molecule has 39 heavy (non-hydrogen) atoms. The molecule has 0 bridgehead atoms. The molecule has 236 valence electrons. The third kappa shape index (κ3) is 16.5. The first-order chi connectivity index (χ1) is 18.2. The Hall–Kier alpha value is 1.06. The molecule has 2 atom stereocenters. The highest BCUT2D eigenvalue weighted by atomic mass is 32.2. The maximum Gasteiger partial charge on any atom is 0.335 e. The molecular formula is C30H70O4SSi4. The van der Waals surface area contributed by atoms with Crippen LogP contribution in [-0.4, -0.2) is 71.2 Å². The summed E-state index contributed by atoms with van der Waals surface area (Å²) in [6.07, 6.45) is 11.7. The van der Waals surface area contributed by atoms with Gasteiger partial charge < -0.3 is 17.7 Å². The minimum Gasteiger partial charge on any atom is -0.394 e. The Morgan fingerprint density at radius 2 is 0.718 bits per heavy atom. The van der Waals surface area contributed by atoms with E-state index in [0.29, 0.717) is 10.3 Å². The predicted octanol–water partition coefficient (Wildman–Crippen LogP) is 10.4. The number of rotatable bonds is 26. The average molecular weight is 639 g/mol. The van der Waals surface area contributed by atoms with Crippen molar-refractivity contribution in [3.8, 4) is 0 Å². The van der Waals surface area contributed by atoms with E-state index in [2.05, 4.69) is 91.8 Å². The zero-order valence-corrected chi connectivity index (χ0v) is 33.3. The SMILES string of the molecule is CCCCO[Si](C)(OCCCC)C(CCSCCC([Si](C)(C)C)[Si](C)(OCCCC)OCCCC)[Si](C)(C)C. The lowest BCUT2D eigenvalue weighted by atomic mass is 10.4. The lowest BCUT2D eigenvalue weighted by Gasteiger charge is -2.42. The Kier molecular flexibility index (Phi) is 21.4. The van der Waals surface area contributed by atoms with Gasteiger partial charge in [0, 0.05) is 26.4 Å². The van der Waals surface area contributed by atoms with E-state index in [1.807, 2.05) is 0 Å². The van der Waals surface area contributed by atoms with E-state index in [0.717, 1.165) is 52.1 Å². The number of hydrogen-bond donors (Lipinski definition) is 0. The van der Waals surface area contributed by atoms with Crippen LogP contribution in [0.15, 0.2) is 0 Å². The number of thioether (sulfide) groups is 1. The molecule has 0 aliphatic heterocycles. The van der Waals surface area contributed by atoms with Gasteiger partial charge in [0.25, 0.3) is 0 Å². The first-order valence-corrected chi connectivity index (χ1v) is 29.4. The van der Waals surface area contributed by atoms with Crippen molar-refractivity contribution >= 4 is 45.0 Å². The van der Waals surface area contributed by atoms with Crippen molar-refractivity contribution in [3.05, 3.63) is 0 Å². The van der Waals surface area contributed by atoms with Gasteiger partial charge in [-0.2, -0.15) is 11.8 Å². The van der Waals surface area contributed by atoms with Crippen LogP contribution >= 0.6 is 11.8 Å². The molecule has 4 nitrogen and oxygen atoms in total. The maximum absolute atomic E-state index is 6.70. The van der Waals surface area contributed by atoms with Crippen LogP contribution in [0.4, 0.5) is 0 Å². The monoisotopic (exact) mass is 638 g/mol. The van der Waals surface area contributed by atoms with Gasteiger partial charge >= 0.3 is 17.1 Å². The molecule has 0 saturated heterocycles. The summed E-state index contributed by atoms with van der Waals surface area (Å²) in [5.74, 6) is 2.41. The van der Waals surface area contributed by atoms with E-state index in [-0.39, 0.29) is 0 Å². The lowest BCUT2D eigenvalue weighted by Crippen LogP contribution is -2.53. The quantitative estimate of drug-likeness (QED) is 0.0696. The average Bonchev–Trinajstić information content (AvgIpc) is 2.82. The normalized spacial score (nSPS) is 15.1. The van der Waals surface area contributed by atoms with Crippen LogP contribution in [0.25, 0.3) is 0 Å². The lowest BCUT2D eigenvalue weighted by molar-refractivity contribution is 0.164. The second-order valence-electron chi connectivity index (χ2n) is 13.9. The minimum absolute atomic E-state index is 0.619. The molecule has 0 aromatic rings. The zero-order chi connectivity index (χ0) is 30.0. The fourth-order valence-electron chi connectivity index (χ4n) is 5.63. The van der Waals surface area contributed by atoms with Crippen LogP contribution in [0.3, 0.4) is 0 Å². The van der Waals surface area contributed by atoms with E-state index in [1.54, 1.807) is 0 Å². The fraction of sp³-hybridized carbons (Fsp3) is 1.00. The van der Waals surface area contributed by atoms with Crippen LogP contribution < -0.4 is 0 Å². The standard InChI is InChI=1S/C30H70O4SSi4/c1-13-17-23-31-38(11,32-24-18-14-2)29(36(5,6)7)21-27-35-28-22-30(37(8,9)10)39(12,33-25-19-15-3)34-26-20-16-4/h29-30H,13-28H2,1-12H3. The van der Waals surface area contributed by atoms with Crippen molar-refractivity contribution in [1.29, 1.82) is 0 Å². The van der Waals surface area contributed by atoms with E-state index in [9.17, 15) is 0 Å². The summed E-state index contributed by atoms with van der Waals surface area (Å²) in [7, 11) is -7.39. The van der Waals surface area contributed by atoms with Crippen molar-refractivity contribution in [2.24, 2.45) is 0 Å². The molecule has 2 unspecified atom stereocenters. The maximum atomic E-state index is 6.70. The molecule has 0 spiro atoms. The van der Waals surface area contributed by atoms with Crippen LogP contribution in [0, 0.1) is 0 Å². The summed E-state index contributed by atoms with van der Waals surface area (Å²) in [5.41, 5.74) is 0. The summed E-state index contributed by atoms with van der Waals surface area (Å²) >= 11 is 2.15. The highest BCUT2D eigenvalue weighted by Gasteiger charge is 2.49. The van der Waals surface area contributed by atoms with Gasteiger partial charge in [0.1, 0.15) is 0 Å². The van der Waals surface area contributed by atoms with Gasteiger partial charge in [0.05, 0.1) is 16.1 Å². The third-order valence-electron chi connectivity index (χ3n) is 8.00. The van der Waals surface area contributed by atoms with Crippen molar-refractivity contribution in [1.82, 2.24) is 0 Å². The summed E-state index contributed by atoms with van der Waals surface area (Å²) < 4.78 is 26.8. The molecule has 0 heterocycles. The van der Waals surface area contributed by atoms with Crippen molar-refractivity contribution in [2.45, 2.75) is 155 Å². The van der Waals surface area contributed by atoms with E-state index < -0.39 is 33.3 Å². The molecule has 0 radical (unpaired) electrons. The van der Waals surface area contributed by atoms with Crippen molar-refractivity contribution in [2.75, 3.05) is 37.9 Å². The number of hydrogen-bond acceptors (Lipinski definition) is 5. The molecule has 0 N–H and O–H groups in total. The van der Waals surface area contributed by atoms with Gasteiger partial charge in [-0.3, -0.25) is 0 Å². The Morgan fingerprint density at radius 3 is 0.923 bits per heavy atom. The molecule has 9 heteroatoms. The summed E-state index contributed by atoms with van der Waals surface area (Å²) in [6, 6.07) is 0. The van der Waals surface area contributed by atoms with Crippen molar-refractivity contribution < 1.29 is 17.7 Å². The number of unbranched alkanes of at least 4 members (excludes halogenated alkanes) is 4. The van der Waals surface area contributed by atoms with E-state index in [1.165, 1.54) is 50.0 Å². The van der Waals surface area contributed by atoms with Gasteiger partial charge in [-0.05, 0) is 73.5 Å². The highest BCUT2D eigenvalue weighted by Crippen LogP contribution is 2.40. The molecule has 0 amide bonds. The molecule has 0 aromatic carbocycles. The first-order valence-electron chi connectivity index (χ1n) is 16.3. The zero-order valence-electron chi connectivity index (χ0n) is 28.5. The Labute approximate surface area is 254 Å². The Balaban J connectivity index is 5.42. The molecular weight excluding hydrogens is 569 g/mol. The van der Waals surface area contributed by atoms with Gasteiger partial charge in [-0.15, -0.1) is 0 Å². The second kappa shape index (κ2) is 20.9. The van der Waals surface area contributed by atoms with Gasteiger partial charge in [-0.1, -0.05) is 92.7 Å². The predicted molar refractivity (Wildman–Crippen MR) is 187 cm³/mol. The summed E-state index contributed by atoms with van der Waals surface area (Å²) in [6.45, 7) is 32.3. The van der Waals surface area contributed by atoms with Crippen LogP contribution in [-0.2, 0) is 17.7 Å². The third-order valence-corrected chi connectivity index (χ3v) is 28.4. The molecule has 0 aromatic heterocycles. The molecule has 0 fully saturated rings. The second-order valence-corrected chi connectivity index (χ2v) is 33.7. The molecule has 0 saturated carbocycles. The molecule has 0 rings (SSSR count). The first kappa shape index (κ1) is 40.1. The molecule has 0 aliphatic rings. The Bertz CT molecular complexity index is 528. The van der Waals surface area contributed by atoms with E-state index in [4.69, 9.17) is 17.7 Å². The van der Waals surface area contributed by atoms with Crippen LogP contribution in [0.2, 0.25) is 62.7 Å². The van der Waals surface area contributed by atoms with Crippen LogP contribution in [0.1, 0.15) is 91.9 Å². The summed E-state index contributed by atoms with van der Waals surface area (Å²) in [5, 5.41) is 1.24.